The maximum atomic E-state index is 12.4. The van der Waals surface area contributed by atoms with Gasteiger partial charge in [0.25, 0.3) is 0 Å². The summed E-state index contributed by atoms with van der Waals surface area (Å²) in [6.07, 6.45) is -3.34. The van der Waals surface area contributed by atoms with Crippen molar-refractivity contribution in [3.8, 4) is 0 Å². The number of nitrogens with two attached hydrogens (primary N) is 1. The van der Waals surface area contributed by atoms with Crippen LogP contribution in [0.1, 0.15) is 11.1 Å². The summed E-state index contributed by atoms with van der Waals surface area (Å²) in [5, 5.41) is 7.41. The van der Waals surface area contributed by atoms with E-state index in [0.29, 0.717) is 5.56 Å². The number of hydrogen-bond donors (Lipinski definition) is 2. The lowest BCUT2D eigenvalue weighted by Gasteiger charge is -2.10. The zero-order chi connectivity index (χ0) is 13.8. The number of halogens is 3. The van der Waals surface area contributed by atoms with Crippen LogP contribution in [0.25, 0.3) is 0 Å². The van der Waals surface area contributed by atoms with Gasteiger partial charge in [-0.2, -0.15) is 13.2 Å². The predicted molar refractivity (Wildman–Crippen MR) is 62.8 cm³/mol. The van der Waals surface area contributed by atoms with Crippen molar-refractivity contribution in [3.63, 3.8) is 0 Å². The fourth-order valence-electron chi connectivity index (χ4n) is 1.26. The highest BCUT2D eigenvalue weighted by atomic mass is 19.4. The lowest BCUT2D eigenvalue weighted by Crippen LogP contribution is -2.10. The van der Waals surface area contributed by atoms with Gasteiger partial charge >= 0.3 is 6.18 Å². The van der Waals surface area contributed by atoms with E-state index in [1.807, 2.05) is 0 Å². The Bertz CT molecular complexity index is 469. The molecule has 0 aromatic heterocycles. The molecule has 0 aliphatic heterocycles. The molecule has 0 radical (unpaired) electrons. The molecular formula is C11H12F3N3O. The van der Waals surface area contributed by atoms with E-state index in [-0.39, 0.29) is 18.0 Å². The molecule has 0 saturated carbocycles. The van der Waals surface area contributed by atoms with Crippen LogP contribution in [0.4, 0.5) is 18.9 Å². The molecule has 0 amide bonds. The third-order valence-electron chi connectivity index (χ3n) is 2.12. The van der Waals surface area contributed by atoms with E-state index in [1.54, 1.807) is 0 Å². The minimum absolute atomic E-state index is 0.00991. The van der Waals surface area contributed by atoms with E-state index >= 15 is 0 Å². The lowest BCUT2D eigenvalue weighted by atomic mass is 10.1. The molecule has 0 aliphatic carbocycles. The quantitative estimate of drug-likeness (QED) is 0.497. The number of nitrogens with zero attached hydrogens (tertiary/aromatic N) is 1. The van der Waals surface area contributed by atoms with Crippen molar-refractivity contribution in [1.82, 2.24) is 0 Å². The minimum atomic E-state index is -4.43. The summed E-state index contributed by atoms with van der Waals surface area (Å²) in [6, 6.07) is 3.00. The van der Waals surface area contributed by atoms with Crippen LogP contribution < -0.4 is 5.73 Å². The highest BCUT2D eigenvalue weighted by molar-refractivity contribution is 5.83. The number of nitrogen functional groups attached to an aromatic ring is 1. The summed E-state index contributed by atoms with van der Waals surface area (Å²) in [7, 11) is 1.47. The van der Waals surface area contributed by atoms with Gasteiger partial charge in [0, 0.05) is 12.7 Å². The molecule has 0 spiro atoms. The molecule has 1 aromatic rings. The second-order valence-corrected chi connectivity index (χ2v) is 3.49. The summed E-state index contributed by atoms with van der Waals surface area (Å²) < 4.78 is 41.9. The number of aliphatic imine (C=N–C) groups is 1. The first-order chi connectivity index (χ1) is 8.34. The van der Waals surface area contributed by atoms with Crippen molar-refractivity contribution in [3.05, 3.63) is 29.3 Å². The Morgan fingerprint density at radius 2 is 2.17 bits per heavy atom. The number of ether oxygens (including phenoxy) is 1. The highest BCUT2D eigenvalue weighted by Crippen LogP contribution is 2.31. The summed E-state index contributed by atoms with van der Waals surface area (Å²) in [5.41, 5.74) is 5.07. The van der Waals surface area contributed by atoms with Gasteiger partial charge in [0.1, 0.15) is 0 Å². The maximum Gasteiger partial charge on any atom is 0.416 e. The van der Waals surface area contributed by atoms with E-state index < -0.39 is 11.7 Å². The van der Waals surface area contributed by atoms with Gasteiger partial charge in [-0.3, -0.25) is 10.4 Å². The van der Waals surface area contributed by atoms with Gasteiger partial charge in [-0.25, -0.2) is 0 Å². The van der Waals surface area contributed by atoms with Gasteiger partial charge in [0.15, 0.2) is 12.3 Å². The first-order valence-corrected chi connectivity index (χ1v) is 4.95. The molecule has 0 fully saturated rings. The monoisotopic (exact) mass is 259 g/mol. The molecule has 0 aliphatic rings. The summed E-state index contributed by atoms with van der Waals surface area (Å²) in [6.45, 7) is 0. The average molecular weight is 259 g/mol. The van der Waals surface area contributed by atoms with Crippen LogP contribution in [0, 0.1) is 5.41 Å². The van der Waals surface area contributed by atoms with Crippen LogP contribution in [-0.4, -0.2) is 19.3 Å². The van der Waals surface area contributed by atoms with Crippen LogP contribution in [-0.2, 0) is 17.3 Å². The molecule has 0 atom stereocenters. The van der Waals surface area contributed by atoms with Crippen LogP contribution in [0.15, 0.2) is 23.2 Å². The van der Waals surface area contributed by atoms with Crippen molar-refractivity contribution in [1.29, 1.82) is 5.41 Å². The fourth-order valence-corrected chi connectivity index (χ4v) is 1.26. The second-order valence-electron chi connectivity index (χ2n) is 3.49. The molecule has 98 valence electrons. The summed E-state index contributed by atoms with van der Waals surface area (Å²) in [5.74, 6) is -0.146. The van der Waals surface area contributed by atoms with Crippen LogP contribution >= 0.6 is 0 Å². The Kier molecular flexibility index (Phi) is 4.30. The SMILES string of the molecule is CN=COC(=N)Cc1ccc(C(F)(F)F)cc1N. The molecule has 0 saturated heterocycles. The molecule has 18 heavy (non-hydrogen) atoms. The molecule has 1 aromatic carbocycles. The van der Waals surface area contributed by atoms with E-state index in [4.69, 9.17) is 15.9 Å². The largest absolute Gasteiger partial charge is 0.432 e. The Hall–Kier alpha value is -2.05. The Balaban J connectivity index is 2.83. The van der Waals surface area contributed by atoms with Crippen LogP contribution in [0.5, 0.6) is 0 Å². The van der Waals surface area contributed by atoms with Crippen LogP contribution in [0.2, 0.25) is 0 Å². The van der Waals surface area contributed by atoms with Gasteiger partial charge in [-0.15, -0.1) is 0 Å². The zero-order valence-corrected chi connectivity index (χ0v) is 9.58. The van der Waals surface area contributed by atoms with Gasteiger partial charge < -0.3 is 10.5 Å². The number of alkyl halides is 3. The van der Waals surface area contributed by atoms with Gasteiger partial charge in [-0.05, 0) is 17.7 Å². The summed E-state index contributed by atoms with van der Waals surface area (Å²) in [4.78, 5) is 3.52. The average Bonchev–Trinajstić information content (AvgIpc) is 2.27. The molecule has 4 nitrogen and oxygen atoms in total. The molecule has 0 unspecified atom stereocenters. The van der Waals surface area contributed by atoms with Crippen molar-refractivity contribution in [2.24, 2.45) is 4.99 Å². The number of anilines is 1. The number of hydrogen-bond acceptors (Lipinski definition) is 4. The standard InChI is InChI=1S/C11H12F3N3O/c1-17-6-18-10(16)4-7-2-3-8(5-9(7)15)11(12,13)14/h2-3,5-6,16H,4,15H2,1H3. The van der Waals surface area contributed by atoms with Gasteiger partial charge in [-0.1, -0.05) is 6.07 Å². The molecule has 3 N–H and O–H groups in total. The van der Waals surface area contributed by atoms with Crippen molar-refractivity contribution in [2.45, 2.75) is 12.6 Å². The van der Waals surface area contributed by atoms with E-state index in [9.17, 15) is 13.2 Å². The first-order valence-electron chi connectivity index (χ1n) is 4.95. The lowest BCUT2D eigenvalue weighted by molar-refractivity contribution is -0.137. The second kappa shape index (κ2) is 5.52. The number of rotatable bonds is 3. The number of nitrogens with one attached hydrogen (secondary N) is 1. The minimum Gasteiger partial charge on any atom is -0.432 e. The molecule has 1 rings (SSSR count). The Morgan fingerprint density at radius 3 is 2.67 bits per heavy atom. The fraction of sp³-hybridized carbons (Fsp3) is 0.273. The van der Waals surface area contributed by atoms with Crippen LogP contribution in [0.3, 0.4) is 0 Å². The predicted octanol–water partition coefficient (Wildman–Crippen LogP) is 2.48. The highest BCUT2D eigenvalue weighted by Gasteiger charge is 2.30. The zero-order valence-electron chi connectivity index (χ0n) is 9.58. The first kappa shape index (κ1) is 14.0. The van der Waals surface area contributed by atoms with Crippen molar-refractivity contribution < 1.29 is 17.9 Å². The molecule has 7 heteroatoms. The number of benzene rings is 1. The molecule has 0 heterocycles. The Labute approximate surface area is 102 Å². The third kappa shape index (κ3) is 3.76. The van der Waals surface area contributed by atoms with E-state index in [0.717, 1.165) is 18.5 Å². The maximum absolute atomic E-state index is 12.4. The van der Waals surface area contributed by atoms with Gasteiger partial charge in [0.2, 0.25) is 0 Å². The van der Waals surface area contributed by atoms with E-state index in [1.165, 1.54) is 13.1 Å². The third-order valence-corrected chi connectivity index (χ3v) is 2.12. The molecule has 0 bridgehead atoms. The normalized spacial score (nSPS) is 11.8. The van der Waals surface area contributed by atoms with E-state index in [2.05, 4.69) is 4.99 Å². The van der Waals surface area contributed by atoms with Crippen molar-refractivity contribution >= 4 is 18.0 Å². The summed E-state index contributed by atoms with van der Waals surface area (Å²) >= 11 is 0. The smallest absolute Gasteiger partial charge is 0.416 e. The molecular weight excluding hydrogens is 247 g/mol. The Morgan fingerprint density at radius 1 is 1.50 bits per heavy atom. The van der Waals surface area contributed by atoms with Gasteiger partial charge in [0.05, 0.1) is 12.0 Å². The van der Waals surface area contributed by atoms with Crippen molar-refractivity contribution in [2.75, 3.05) is 12.8 Å². The topological polar surface area (TPSA) is 71.5 Å².